The number of carboxylic acid groups (broad SMARTS) is 1. The first kappa shape index (κ1) is 12.6. The summed E-state index contributed by atoms with van der Waals surface area (Å²) in [5, 5.41) is 9.07. The van der Waals surface area contributed by atoms with E-state index in [2.05, 4.69) is 0 Å². The van der Waals surface area contributed by atoms with Crippen LogP contribution in [0.2, 0.25) is 5.02 Å². The summed E-state index contributed by atoms with van der Waals surface area (Å²) in [7, 11) is 0. The Kier molecular flexibility index (Phi) is 2.66. The van der Waals surface area contributed by atoms with Crippen molar-refractivity contribution in [3.8, 4) is 0 Å². The van der Waals surface area contributed by atoms with Gasteiger partial charge in [0.1, 0.15) is 12.4 Å². The molecule has 3 rings (SSSR count). The van der Waals surface area contributed by atoms with Gasteiger partial charge >= 0.3 is 5.97 Å². The van der Waals surface area contributed by atoms with E-state index < -0.39 is 29.2 Å². The quantitative estimate of drug-likeness (QED) is 0.917. The van der Waals surface area contributed by atoms with Crippen LogP contribution in [0, 0.1) is 17.7 Å². The van der Waals surface area contributed by atoms with E-state index in [1.807, 2.05) is 0 Å². The number of hydrogen-bond donors (Lipinski definition) is 1. The molecule has 0 amide bonds. The molecule has 0 bridgehead atoms. The van der Waals surface area contributed by atoms with Crippen LogP contribution < -0.4 is 0 Å². The Balaban J connectivity index is 1.88. The van der Waals surface area contributed by atoms with Crippen molar-refractivity contribution in [1.82, 2.24) is 0 Å². The number of Topliss-reactive ketones (excluding diaryl/α,β-unsaturated/α-hetero) is 1. The van der Waals surface area contributed by atoms with Gasteiger partial charge in [-0.3, -0.25) is 9.59 Å². The summed E-state index contributed by atoms with van der Waals surface area (Å²) in [5.41, 5.74) is -0.306. The highest BCUT2D eigenvalue weighted by Gasteiger charge is 2.76. The van der Waals surface area contributed by atoms with Gasteiger partial charge in [0.05, 0.1) is 22.5 Å². The number of ether oxygens (including phenoxy) is 1. The maximum absolute atomic E-state index is 13.1. The van der Waals surface area contributed by atoms with Crippen LogP contribution in [0.3, 0.4) is 0 Å². The molecule has 1 N–H and O–H groups in total. The summed E-state index contributed by atoms with van der Waals surface area (Å²) >= 11 is 5.69. The van der Waals surface area contributed by atoms with Crippen LogP contribution in [-0.4, -0.2) is 29.1 Å². The predicted molar refractivity (Wildman–Crippen MR) is 63.4 cm³/mol. The lowest BCUT2D eigenvalue weighted by molar-refractivity contribution is -0.143. The van der Waals surface area contributed by atoms with E-state index in [4.69, 9.17) is 21.4 Å². The molecule has 1 aromatic rings. The minimum atomic E-state index is -1.04. The van der Waals surface area contributed by atoms with Gasteiger partial charge in [0.15, 0.2) is 5.78 Å². The number of fused-ring (bicyclic) bond motifs is 1. The number of aliphatic carboxylic acids is 1. The number of ketones is 1. The fourth-order valence-electron chi connectivity index (χ4n) is 2.94. The first-order chi connectivity index (χ1) is 8.95. The Labute approximate surface area is 113 Å². The average Bonchev–Trinajstić information content (AvgIpc) is 2.90. The largest absolute Gasteiger partial charge is 0.481 e. The topological polar surface area (TPSA) is 63.6 Å². The Morgan fingerprint density at radius 1 is 1.58 bits per heavy atom. The third kappa shape index (κ3) is 1.76. The molecule has 4 nitrogen and oxygen atoms in total. The minimum Gasteiger partial charge on any atom is -0.481 e. The molecule has 1 heterocycles. The second-order valence-corrected chi connectivity index (χ2v) is 5.34. The zero-order valence-corrected chi connectivity index (χ0v) is 10.5. The highest BCUT2D eigenvalue weighted by molar-refractivity contribution is 6.30. The van der Waals surface area contributed by atoms with Crippen LogP contribution in [0.15, 0.2) is 18.2 Å². The number of hydrogen-bond acceptors (Lipinski definition) is 3. The Morgan fingerprint density at radius 3 is 2.89 bits per heavy atom. The van der Waals surface area contributed by atoms with Crippen molar-refractivity contribution in [2.75, 3.05) is 6.61 Å². The molecule has 0 radical (unpaired) electrons. The molecule has 6 heteroatoms. The van der Waals surface area contributed by atoms with E-state index >= 15 is 0 Å². The summed E-state index contributed by atoms with van der Waals surface area (Å²) in [6.07, 6.45) is 0.250. The molecule has 0 spiro atoms. The third-order valence-electron chi connectivity index (χ3n) is 3.84. The molecule has 2 aliphatic rings. The number of carbonyl (C=O) groups excluding carboxylic acids is 1. The predicted octanol–water partition coefficient (Wildman–Crippen LogP) is 1.69. The Bertz CT molecular complexity index is 582. The number of halogens is 2. The van der Waals surface area contributed by atoms with Crippen molar-refractivity contribution in [2.45, 2.75) is 12.0 Å². The lowest BCUT2D eigenvalue weighted by Gasteiger charge is -2.14. The van der Waals surface area contributed by atoms with Gasteiger partial charge < -0.3 is 9.84 Å². The molecule has 0 aromatic heterocycles. The highest BCUT2D eigenvalue weighted by Crippen LogP contribution is 2.59. The molecule has 1 saturated carbocycles. The zero-order chi connectivity index (χ0) is 13.8. The molecular formula is C13H10ClFO4. The van der Waals surface area contributed by atoms with E-state index in [9.17, 15) is 14.0 Å². The SMILES string of the molecule is O=C(O)C1C2C(=O)COC12Cc1ccc(F)c(Cl)c1. The molecule has 1 aliphatic carbocycles. The van der Waals surface area contributed by atoms with E-state index in [-0.39, 0.29) is 23.8 Å². The number of carboxylic acids is 1. The maximum atomic E-state index is 13.1. The van der Waals surface area contributed by atoms with Gasteiger partial charge in [-0.1, -0.05) is 17.7 Å². The van der Waals surface area contributed by atoms with Crippen LogP contribution in [0.5, 0.6) is 0 Å². The molecule has 1 aromatic carbocycles. The molecule has 3 atom stereocenters. The normalized spacial score (nSPS) is 32.2. The van der Waals surface area contributed by atoms with Gasteiger partial charge in [0, 0.05) is 6.42 Å². The summed E-state index contributed by atoms with van der Waals surface area (Å²) in [4.78, 5) is 22.7. The minimum absolute atomic E-state index is 0.0256. The second-order valence-electron chi connectivity index (χ2n) is 4.93. The van der Waals surface area contributed by atoms with Crippen LogP contribution in [-0.2, 0) is 20.7 Å². The van der Waals surface area contributed by atoms with Crippen molar-refractivity contribution in [3.63, 3.8) is 0 Å². The number of carbonyl (C=O) groups is 2. The summed E-state index contributed by atoms with van der Waals surface area (Å²) in [6, 6.07) is 4.18. The van der Waals surface area contributed by atoms with Crippen molar-refractivity contribution in [2.24, 2.45) is 11.8 Å². The lowest BCUT2D eigenvalue weighted by atomic mass is 10.0. The van der Waals surface area contributed by atoms with Crippen LogP contribution >= 0.6 is 11.6 Å². The average molecular weight is 285 g/mol. The second kappa shape index (κ2) is 4.02. The fourth-order valence-corrected chi connectivity index (χ4v) is 3.14. The maximum Gasteiger partial charge on any atom is 0.310 e. The van der Waals surface area contributed by atoms with Crippen LogP contribution in [0.1, 0.15) is 5.56 Å². The van der Waals surface area contributed by atoms with Gasteiger partial charge in [0.25, 0.3) is 0 Å². The molecule has 3 unspecified atom stereocenters. The standard InChI is InChI=1S/C13H10ClFO4/c14-7-3-6(1-2-8(7)15)4-13-10(9(16)5-19-13)11(13)12(17)18/h1-3,10-11H,4-5H2,(H,17,18). The lowest BCUT2D eigenvalue weighted by Crippen LogP contribution is -2.23. The highest BCUT2D eigenvalue weighted by atomic mass is 35.5. The van der Waals surface area contributed by atoms with Gasteiger partial charge in [-0.15, -0.1) is 0 Å². The Hall–Kier alpha value is -1.46. The number of benzene rings is 1. The van der Waals surface area contributed by atoms with Gasteiger partial charge in [-0.25, -0.2) is 4.39 Å². The van der Waals surface area contributed by atoms with E-state index in [0.717, 1.165) is 0 Å². The summed E-state index contributed by atoms with van der Waals surface area (Å²) < 4.78 is 18.5. The molecular weight excluding hydrogens is 275 g/mol. The monoisotopic (exact) mass is 284 g/mol. The third-order valence-corrected chi connectivity index (χ3v) is 4.13. The smallest absolute Gasteiger partial charge is 0.310 e. The van der Waals surface area contributed by atoms with E-state index in [1.54, 1.807) is 0 Å². The van der Waals surface area contributed by atoms with Crippen LogP contribution in [0.4, 0.5) is 4.39 Å². The molecule has 100 valence electrons. The van der Waals surface area contributed by atoms with Crippen LogP contribution in [0.25, 0.3) is 0 Å². The molecule has 1 aliphatic heterocycles. The van der Waals surface area contributed by atoms with Crippen molar-refractivity contribution < 1.29 is 23.8 Å². The Morgan fingerprint density at radius 2 is 2.32 bits per heavy atom. The van der Waals surface area contributed by atoms with E-state index in [0.29, 0.717) is 5.56 Å². The van der Waals surface area contributed by atoms with Gasteiger partial charge in [-0.2, -0.15) is 0 Å². The molecule has 2 fully saturated rings. The van der Waals surface area contributed by atoms with Crippen molar-refractivity contribution in [3.05, 3.63) is 34.6 Å². The fraction of sp³-hybridized carbons (Fsp3) is 0.385. The van der Waals surface area contributed by atoms with Crippen molar-refractivity contribution >= 4 is 23.4 Å². The van der Waals surface area contributed by atoms with E-state index in [1.165, 1.54) is 18.2 Å². The first-order valence-electron chi connectivity index (χ1n) is 5.79. The molecule has 19 heavy (non-hydrogen) atoms. The molecule has 1 saturated heterocycles. The van der Waals surface area contributed by atoms with Gasteiger partial charge in [-0.05, 0) is 17.7 Å². The summed E-state index contributed by atoms with van der Waals surface area (Å²) in [6.45, 7) is -0.0522. The number of rotatable bonds is 3. The van der Waals surface area contributed by atoms with Crippen molar-refractivity contribution in [1.29, 1.82) is 0 Å². The summed E-state index contributed by atoms with van der Waals surface area (Å²) in [5.74, 6) is -3.15. The van der Waals surface area contributed by atoms with Gasteiger partial charge in [0.2, 0.25) is 0 Å². The zero-order valence-electron chi connectivity index (χ0n) is 9.73. The first-order valence-corrected chi connectivity index (χ1v) is 6.17.